The fourth-order valence-corrected chi connectivity index (χ4v) is 10.3. The monoisotopic (exact) mass is 718 g/mol. The summed E-state index contributed by atoms with van der Waals surface area (Å²) in [5.41, 5.74) is 13.0. The van der Waals surface area contributed by atoms with E-state index >= 15 is 0 Å². The van der Waals surface area contributed by atoms with Crippen LogP contribution in [0.1, 0.15) is 22.3 Å². The molecular weight excluding hydrogens is 689 g/mol. The Bertz CT molecular complexity index is 3140. The predicted octanol–water partition coefficient (Wildman–Crippen LogP) is 13.5. The van der Waals surface area contributed by atoms with Crippen LogP contribution in [0.25, 0.3) is 76.0 Å². The van der Waals surface area contributed by atoms with Gasteiger partial charge in [-0.05, 0) is 74.5 Å². The van der Waals surface area contributed by atoms with Gasteiger partial charge in [-0.1, -0.05) is 152 Å². The second kappa shape index (κ2) is 11.6. The van der Waals surface area contributed by atoms with Crippen LogP contribution in [0.3, 0.4) is 0 Å². The third-order valence-electron chi connectivity index (χ3n) is 11.6. The number of thiophene rings is 1. The van der Waals surface area contributed by atoms with Crippen molar-refractivity contribution in [1.29, 1.82) is 0 Å². The highest BCUT2D eigenvalue weighted by molar-refractivity contribution is 7.26. The summed E-state index contributed by atoms with van der Waals surface area (Å²) in [6.45, 7) is 0. The number of hydrogen-bond donors (Lipinski definition) is 0. The van der Waals surface area contributed by atoms with Crippen LogP contribution >= 0.6 is 11.3 Å². The van der Waals surface area contributed by atoms with Gasteiger partial charge in [-0.15, -0.1) is 11.3 Å². The molecule has 0 atom stereocenters. The smallest absolute Gasteiger partial charge is 0.160 e. The Hall–Kier alpha value is -6.88. The van der Waals surface area contributed by atoms with Gasteiger partial charge in [0, 0.05) is 32.3 Å². The second-order valence-corrected chi connectivity index (χ2v) is 15.5. The third-order valence-corrected chi connectivity index (χ3v) is 12.7. The van der Waals surface area contributed by atoms with Crippen molar-refractivity contribution in [2.24, 2.45) is 0 Å². The van der Waals surface area contributed by atoms with Crippen molar-refractivity contribution in [2.75, 3.05) is 0 Å². The quantitative estimate of drug-likeness (QED) is 0.182. The molecule has 4 heteroatoms. The van der Waals surface area contributed by atoms with E-state index in [1.165, 1.54) is 48.9 Å². The number of ether oxygens (including phenoxy) is 1. The summed E-state index contributed by atoms with van der Waals surface area (Å²) in [5, 5.41) is 3.57. The second-order valence-electron chi connectivity index (χ2n) is 14.4. The molecule has 3 heterocycles. The molecular formula is C51H30N2OS. The largest absolute Gasteiger partial charge is 0.457 e. The Balaban J connectivity index is 1.18. The van der Waals surface area contributed by atoms with E-state index in [2.05, 4.69) is 182 Å². The lowest BCUT2D eigenvalue weighted by molar-refractivity contribution is 0.436. The minimum atomic E-state index is -0.599. The fraction of sp³-hybridized carbons (Fsp3) is 0.0196. The number of rotatable bonds is 3. The van der Waals surface area contributed by atoms with Crippen LogP contribution in [-0.2, 0) is 5.41 Å². The number of benzene rings is 8. The maximum Gasteiger partial charge on any atom is 0.160 e. The molecule has 55 heavy (non-hydrogen) atoms. The van der Waals surface area contributed by atoms with Crippen LogP contribution in [0.15, 0.2) is 182 Å². The molecule has 256 valence electrons. The summed E-state index contributed by atoms with van der Waals surface area (Å²) in [4.78, 5) is 10.9. The summed E-state index contributed by atoms with van der Waals surface area (Å²) in [7, 11) is 0. The normalized spacial score (nSPS) is 13.4. The topological polar surface area (TPSA) is 35.0 Å². The molecule has 3 nitrogen and oxygen atoms in total. The van der Waals surface area contributed by atoms with Gasteiger partial charge in [0.1, 0.15) is 11.5 Å². The fourth-order valence-electron chi connectivity index (χ4n) is 9.17. The van der Waals surface area contributed by atoms with E-state index in [0.717, 1.165) is 60.9 Å². The average molecular weight is 719 g/mol. The summed E-state index contributed by atoms with van der Waals surface area (Å²) >= 11 is 1.78. The highest BCUT2D eigenvalue weighted by Gasteiger charge is 2.52. The molecule has 0 fully saturated rings. The van der Waals surface area contributed by atoms with Crippen LogP contribution in [0.4, 0.5) is 0 Å². The van der Waals surface area contributed by atoms with E-state index in [4.69, 9.17) is 14.7 Å². The summed E-state index contributed by atoms with van der Waals surface area (Å²) < 4.78 is 8.96. The first-order chi connectivity index (χ1) is 27.3. The SMILES string of the molecule is c1ccc(-c2ccc(-c3nc(-c4cccc5c4-c4cc6ccccc6cc4C54c5ccccc5Oc5ccccc54)c4sc5ccccc5c4n3)cc2)cc1. The van der Waals surface area contributed by atoms with E-state index in [1.54, 1.807) is 11.3 Å². The Labute approximate surface area is 321 Å². The van der Waals surface area contributed by atoms with Crippen molar-refractivity contribution < 1.29 is 4.74 Å². The van der Waals surface area contributed by atoms with Crippen molar-refractivity contribution >= 4 is 42.4 Å². The van der Waals surface area contributed by atoms with Crippen LogP contribution in [0, 0.1) is 0 Å². The summed E-state index contributed by atoms with van der Waals surface area (Å²) in [6.07, 6.45) is 0. The molecule has 0 saturated heterocycles. The van der Waals surface area contributed by atoms with Gasteiger partial charge in [0.25, 0.3) is 0 Å². The zero-order valence-corrected chi connectivity index (χ0v) is 30.3. The molecule has 0 bridgehead atoms. The minimum absolute atomic E-state index is 0.599. The van der Waals surface area contributed by atoms with Gasteiger partial charge < -0.3 is 4.74 Å². The van der Waals surface area contributed by atoms with E-state index in [1.807, 2.05) is 0 Å². The first-order valence-electron chi connectivity index (χ1n) is 18.7. The molecule has 0 amide bonds. The lowest BCUT2D eigenvalue weighted by atomic mass is 9.66. The highest BCUT2D eigenvalue weighted by atomic mass is 32.1. The van der Waals surface area contributed by atoms with Crippen LogP contribution in [0.5, 0.6) is 11.5 Å². The molecule has 0 saturated carbocycles. The molecule has 10 aromatic rings. The van der Waals surface area contributed by atoms with E-state index < -0.39 is 5.41 Å². The van der Waals surface area contributed by atoms with Crippen molar-refractivity contribution in [3.63, 3.8) is 0 Å². The van der Waals surface area contributed by atoms with Gasteiger partial charge in [-0.25, -0.2) is 9.97 Å². The number of nitrogens with zero attached hydrogens (tertiary/aromatic N) is 2. The van der Waals surface area contributed by atoms with Crippen molar-refractivity contribution in [3.05, 3.63) is 204 Å². The van der Waals surface area contributed by atoms with E-state index in [-0.39, 0.29) is 0 Å². The van der Waals surface area contributed by atoms with Gasteiger partial charge in [0.2, 0.25) is 0 Å². The molecule has 1 aliphatic heterocycles. The van der Waals surface area contributed by atoms with Crippen LogP contribution < -0.4 is 4.74 Å². The maximum atomic E-state index is 6.67. The van der Waals surface area contributed by atoms with Crippen LogP contribution in [-0.4, -0.2) is 9.97 Å². The number of fused-ring (bicyclic) bond motifs is 13. The molecule has 0 radical (unpaired) electrons. The first-order valence-corrected chi connectivity index (χ1v) is 19.5. The molecule has 1 aliphatic carbocycles. The number of hydrogen-bond acceptors (Lipinski definition) is 4. The Morgan fingerprint density at radius 2 is 1.07 bits per heavy atom. The van der Waals surface area contributed by atoms with Gasteiger partial charge >= 0.3 is 0 Å². The molecule has 0 N–H and O–H groups in total. The van der Waals surface area contributed by atoms with E-state index in [0.29, 0.717) is 0 Å². The predicted molar refractivity (Wildman–Crippen MR) is 226 cm³/mol. The zero-order valence-electron chi connectivity index (χ0n) is 29.5. The van der Waals surface area contributed by atoms with Gasteiger partial charge in [-0.2, -0.15) is 0 Å². The molecule has 0 unspecified atom stereocenters. The van der Waals surface area contributed by atoms with Crippen molar-refractivity contribution in [1.82, 2.24) is 9.97 Å². The molecule has 1 spiro atoms. The first kappa shape index (κ1) is 30.6. The molecule has 2 aromatic heterocycles. The number of aromatic nitrogens is 2. The Morgan fingerprint density at radius 1 is 0.455 bits per heavy atom. The van der Waals surface area contributed by atoms with E-state index in [9.17, 15) is 0 Å². The lowest BCUT2D eigenvalue weighted by Crippen LogP contribution is -2.32. The van der Waals surface area contributed by atoms with Crippen molar-refractivity contribution in [3.8, 4) is 56.4 Å². The highest BCUT2D eigenvalue weighted by Crippen LogP contribution is 2.64. The maximum absolute atomic E-state index is 6.67. The van der Waals surface area contributed by atoms with Gasteiger partial charge in [0.05, 0.1) is 21.3 Å². The third kappa shape index (κ3) is 4.31. The average Bonchev–Trinajstić information content (AvgIpc) is 3.77. The molecule has 2 aliphatic rings. The molecule has 12 rings (SSSR count). The minimum Gasteiger partial charge on any atom is -0.457 e. The van der Waals surface area contributed by atoms with Gasteiger partial charge in [-0.3, -0.25) is 0 Å². The van der Waals surface area contributed by atoms with Crippen LogP contribution in [0.2, 0.25) is 0 Å². The summed E-state index contributed by atoms with van der Waals surface area (Å²) in [6, 6.07) is 65.2. The summed E-state index contributed by atoms with van der Waals surface area (Å²) in [5.74, 6) is 2.49. The van der Waals surface area contributed by atoms with Gasteiger partial charge in [0.15, 0.2) is 5.82 Å². The lowest BCUT2D eigenvalue weighted by Gasteiger charge is -2.39. The standard InChI is InChI=1S/C51H30N2OS/c1-2-13-31(14-3-1)32-25-27-33(28-26-32)50-52-47-36-17-6-11-24-45(36)55-49(47)48(53-50)37-18-12-21-41-46(37)38-29-34-15-4-5-16-35(34)30-42(38)51(41)39-19-7-9-22-43(39)54-44-23-10-8-20-40(44)51/h1-30H. The van der Waals surface area contributed by atoms with Crippen molar-refractivity contribution in [2.45, 2.75) is 5.41 Å². The Morgan fingerprint density at radius 3 is 1.85 bits per heavy atom. The molecule has 8 aromatic carbocycles. The zero-order chi connectivity index (χ0) is 36.1. The Kier molecular flexibility index (Phi) is 6.42. The number of para-hydroxylation sites is 2.